The second-order valence-electron chi connectivity index (χ2n) is 7.27. The maximum Gasteiger partial charge on any atom is 0.328 e. The number of ether oxygens (including phenoxy) is 1. The van der Waals surface area contributed by atoms with E-state index in [2.05, 4.69) is 15.0 Å². The minimum Gasteiger partial charge on any atom is -0.494 e. The average molecular weight is 468 g/mol. The largest absolute Gasteiger partial charge is 0.494 e. The van der Waals surface area contributed by atoms with Crippen molar-refractivity contribution in [2.45, 2.75) is 4.90 Å². The van der Waals surface area contributed by atoms with Crippen LogP contribution in [0.5, 0.6) is 5.75 Å². The summed E-state index contributed by atoms with van der Waals surface area (Å²) < 4.78 is 36.6. The molecule has 33 heavy (non-hydrogen) atoms. The zero-order chi connectivity index (χ0) is 23.8. The quantitative estimate of drug-likeness (QED) is 0.449. The third-order valence-corrected chi connectivity index (χ3v) is 6.56. The molecule has 2 aromatic heterocycles. The smallest absolute Gasteiger partial charge is 0.328 e. The van der Waals surface area contributed by atoms with Gasteiger partial charge in [0.05, 0.1) is 40.0 Å². The fraction of sp³-hybridized carbons (Fsp3) is 0.136. The number of amides is 1. The van der Waals surface area contributed by atoms with Gasteiger partial charge in [-0.25, -0.2) is 13.2 Å². The normalized spacial score (nSPS) is 11.4. The number of aryl methyl sites for hydroxylation is 2. The predicted molar refractivity (Wildman–Crippen MR) is 124 cm³/mol. The number of sulfonamides is 1. The fourth-order valence-electron chi connectivity index (χ4n) is 3.42. The zero-order valence-corrected chi connectivity index (χ0v) is 18.9. The third-order valence-electron chi connectivity index (χ3n) is 5.18. The van der Waals surface area contributed by atoms with Gasteiger partial charge in [0.25, 0.3) is 15.9 Å². The molecule has 0 spiro atoms. The van der Waals surface area contributed by atoms with E-state index in [1.165, 1.54) is 52.8 Å². The molecule has 0 unspecified atom stereocenters. The van der Waals surface area contributed by atoms with Crippen LogP contribution in [0.25, 0.3) is 11.0 Å². The van der Waals surface area contributed by atoms with Crippen molar-refractivity contribution in [2.75, 3.05) is 17.1 Å². The molecule has 11 heteroatoms. The van der Waals surface area contributed by atoms with Gasteiger partial charge >= 0.3 is 5.69 Å². The van der Waals surface area contributed by atoms with Gasteiger partial charge in [-0.1, -0.05) is 0 Å². The molecule has 0 aliphatic carbocycles. The van der Waals surface area contributed by atoms with Gasteiger partial charge in [0.1, 0.15) is 5.75 Å². The molecule has 2 heterocycles. The lowest BCUT2D eigenvalue weighted by Crippen LogP contribution is -2.19. The second kappa shape index (κ2) is 8.43. The second-order valence-corrected chi connectivity index (χ2v) is 8.95. The van der Waals surface area contributed by atoms with E-state index in [9.17, 15) is 18.0 Å². The van der Waals surface area contributed by atoms with Gasteiger partial charge < -0.3 is 10.1 Å². The van der Waals surface area contributed by atoms with Crippen LogP contribution in [-0.4, -0.2) is 35.6 Å². The molecule has 1 amide bonds. The van der Waals surface area contributed by atoms with Gasteiger partial charge in [0.2, 0.25) is 0 Å². The average Bonchev–Trinajstić information content (AvgIpc) is 3.04. The van der Waals surface area contributed by atoms with E-state index < -0.39 is 10.0 Å². The van der Waals surface area contributed by atoms with Gasteiger partial charge in [-0.15, -0.1) is 0 Å². The van der Waals surface area contributed by atoms with Crippen LogP contribution in [0, 0.1) is 0 Å². The monoisotopic (exact) mass is 467 g/mol. The van der Waals surface area contributed by atoms with Gasteiger partial charge in [0.15, 0.2) is 0 Å². The van der Waals surface area contributed by atoms with E-state index in [1.807, 2.05) is 0 Å². The first-order valence-electron chi connectivity index (χ1n) is 9.79. The summed E-state index contributed by atoms with van der Waals surface area (Å²) in [4.78, 5) is 28.4. The first-order valence-corrected chi connectivity index (χ1v) is 11.3. The number of hydrogen-bond acceptors (Lipinski definition) is 6. The first kappa shape index (κ1) is 22.1. The van der Waals surface area contributed by atoms with Gasteiger partial charge in [-0.05, 0) is 42.5 Å². The molecule has 0 saturated heterocycles. The molecule has 2 N–H and O–H groups in total. The van der Waals surface area contributed by atoms with Gasteiger partial charge in [-0.2, -0.15) is 0 Å². The van der Waals surface area contributed by atoms with E-state index in [0.29, 0.717) is 22.3 Å². The highest BCUT2D eigenvalue weighted by Gasteiger charge is 2.19. The summed E-state index contributed by atoms with van der Waals surface area (Å²) in [6, 6.07) is 12.2. The number of anilines is 2. The number of aromatic nitrogens is 3. The minimum atomic E-state index is -3.95. The van der Waals surface area contributed by atoms with E-state index in [-0.39, 0.29) is 27.9 Å². The number of pyridine rings is 1. The Hall–Kier alpha value is -4.12. The predicted octanol–water partition coefficient (Wildman–Crippen LogP) is 2.33. The van der Waals surface area contributed by atoms with E-state index >= 15 is 0 Å². The Morgan fingerprint density at radius 1 is 1.03 bits per heavy atom. The Kier molecular flexibility index (Phi) is 5.64. The van der Waals surface area contributed by atoms with Crippen molar-refractivity contribution in [3.8, 4) is 5.75 Å². The van der Waals surface area contributed by atoms with Crippen LogP contribution >= 0.6 is 0 Å². The number of imidazole rings is 1. The van der Waals surface area contributed by atoms with E-state index in [1.54, 1.807) is 38.5 Å². The van der Waals surface area contributed by atoms with Gasteiger partial charge in [0, 0.05) is 32.6 Å². The number of nitrogens with one attached hydrogen (secondary N) is 2. The molecule has 10 nitrogen and oxygen atoms in total. The third kappa shape index (κ3) is 4.17. The summed E-state index contributed by atoms with van der Waals surface area (Å²) in [7, 11) is 0.663. The van der Waals surface area contributed by atoms with Crippen LogP contribution in [0.2, 0.25) is 0 Å². The summed E-state index contributed by atoms with van der Waals surface area (Å²) in [6.45, 7) is 0. The number of hydrogen-bond donors (Lipinski definition) is 2. The molecule has 0 aliphatic heterocycles. The lowest BCUT2D eigenvalue weighted by atomic mass is 10.2. The highest BCUT2D eigenvalue weighted by Crippen LogP contribution is 2.30. The number of rotatable bonds is 6. The lowest BCUT2D eigenvalue weighted by molar-refractivity contribution is 0.102. The fourth-order valence-corrected chi connectivity index (χ4v) is 4.49. The van der Waals surface area contributed by atoms with Crippen molar-refractivity contribution < 1.29 is 17.9 Å². The van der Waals surface area contributed by atoms with Crippen LogP contribution in [-0.2, 0) is 24.1 Å². The van der Waals surface area contributed by atoms with Crippen LogP contribution < -0.4 is 20.5 Å². The topological polar surface area (TPSA) is 124 Å². The molecule has 0 atom stereocenters. The summed E-state index contributed by atoms with van der Waals surface area (Å²) in [6.07, 6.45) is 3.00. The number of carbonyl (C=O) groups is 1. The molecule has 0 radical (unpaired) electrons. The highest BCUT2D eigenvalue weighted by atomic mass is 32.2. The molecule has 0 saturated carbocycles. The number of methoxy groups -OCH3 is 1. The summed E-state index contributed by atoms with van der Waals surface area (Å²) in [5.74, 6) is -0.107. The molecular formula is C22H21N5O5S. The number of carbonyl (C=O) groups excluding carboxylic acids is 1. The van der Waals surface area contributed by atoms with E-state index in [4.69, 9.17) is 4.74 Å². The van der Waals surface area contributed by atoms with Crippen LogP contribution in [0.15, 0.2) is 70.6 Å². The van der Waals surface area contributed by atoms with Crippen LogP contribution in [0.4, 0.5) is 11.4 Å². The Labute approximate surface area is 189 Å². The zero-order valence-electron chi connectivity index (χ0n) is 18.1. The van der Waals surface area contributed by atoms with Gasteiger partial charge in [-0.3, -0.25) is 23.6 Å². The Balaban J connectivity index is 1.61. The lowest BCUT2D eigenvalue weighted by Gasteiger charge is -2.13. The van der Waals surface area contributed by atoms with Crippen molar-refractivity contribution in [1.29, 1.82) is 0 Å². The maximum atomic E-state index is 13.0. The SMILES string of the molecule is COc1cc(NS(=O)(=O)c2ccc3c(c2)n(C)c(=O)n3C)ccc1NC(=O)c1cccnc1. The number of fused-ring (bicyclic) bond motifs is 1. The highest BCUT2D eigenvalue weighted by molar-refractivity contribution is 7.92. The van der Waals surface area contributed by atoms with Crippen LogP contribution in [0.1, 0.15) is 10.4 Å². The Bertz CT molecular complexity index is 1520. The molecule has 0 bridgehead atoms. The van der Waals surface area contributed by atoms with Crippen molar-refractivity contribution in [3.05, 3.63) is 77.0 Å². The summed E-state index contributed by atoms with van der Waals surface area (Å²) in [5, 5.41) is 2.72. The molecule has 0 fully saturated rings. The van der Waals surface area contributed by atoms with E-state index in [0.717, 1.165) is 0 Å². The molecule has 0 aliphatic rings. The number of nitrogens with zero attached hydrogens (tertiary/aromatic N) is 3. The Morgan fingerprint density at radius 3 is 2.48 bits per heavy atom. The summed E-state index contributed by atoms with van der Waals surface area (Å²) in [5.41, 5.74) is 1.85. The molecular weight excluding hydrogens is 446 g/mol. The maximum absolute atomic E-state index is 13.0. The van der Waals surface area contributed by atoms with Crippen molar-refractivity contribution in [2.24, 2.45) is 14.1 Å². The van der Waals surface area contributed by atoms with Crippen LogP contribution in [0.3, 0.4) is 0 Å². The summed E-state index contributed by atoms with van der Waals surface area (Å²) >= 11 is 0. The first-order chi connectivity index (χ1) is 15.7. The van der Waals surface area contributed by atoms with Crippen molar-refractivity contribution in [1.82, 2.24) is 14.1 Å². The molecule has 170 valence electrons. The standard InChI is InChI=1S/C22H21N5O5S/c1-26-18-9-7-16(12-19(18)27(2)22(26)29)33(30,31)25-15-6-8-17(20(11-15)32-3)24-21(28)14-5-4-10-23-13-14/h4-13,25H,1-3H3,(H,24,28). The van der Waals surface area contributed by atoms with Crippen molar-refractivity contribution in [3.63, 3.8) is 0 Å². The molecule has 2 aromatic carbocycles. The Morgan fingerprint density at radius 2 is 1.79 bits per heavy atom. The molecule has 4 rings (SSSR count). The minimum absolute atomic E-state index is 0.00382. The van der Waals surface area contributed by atoms with Crippen molar-refractivity contribution >= 4 is 38.3 Å². The number of benzene rings is 2. The molecule has 4 aromatic rings.